The minimum atomic E-state index is -0.637. The fourth-order valence-corrected chi connectivity index (χ4v) is 4.67. The highest BCUT2D eigenvalue weighted by atomic mass is 19.1. The Hall–Kier alpha value is -3.63. The van der Waals surface area contributed by atoms with E-state index in [1.807, 2.05) is 25.1 Å². The van der Waals surface area contributed by atoms with Crippen molar-refractivity contribution in [2.75, 3.05) is 44.6 Å². The van der Waals surface area contributed by atoms with Gasteiger partial charge in [0.15, 0.2) is 11.6 Å². The average molecular weight is 508 g/mol. The Kier molecular flexibility index (Phi) is 7.29. The van der Waals surface area contributed by atoms with E-state index in [1.165, 1.54) is 10.7 Å². The molecule has 3 heterocycles. The predicted molar refractivity (Wildman–Crippen MR) is 140 cm³/mol. The fraction of sp³-hybridized carbons (Fsp3) is 0.370. The molecule has 0 amide bonds. The number of likely N-dealkylation sites (N-methyl/N-ethyl adjacent to an activating group) is 1. The third-order valence-electron chi connectivity index (χ3n) is 6.62. The number of nitrogens with zero attached hydrogens (tertiary/aromatic N) is 6. The molecule has 0 unspecified atom stereocenters. The lowest BCUT2D eigenvalue weighted by atomic mass is 10.1. The number of hydrogen-bond acceptors (Lipinski definition) is 7. The Labute approximate surface area is 214 Å². The number of piperazine rings is 1. The molecular formula is C27H31F2N7O. The SMILES string of the molecule is CCOc1cc(Nc2ncc(F)c(-c3cc(F)c4nn(C)cc4c3)n2)ccc1CN1CCN(CC)CC1. The van der Waals surface area contributed by atoms with Gasteiger partial charge in [-0.1, -0.05) is 13.0 Å². The molecule has 0 bridgehead atoms. The van der Waals surface area contributed by atoms with Gasteiger partial charge < -0.3 is 15.0 Å². The van der Waals surface area contributed by atoms with Gasteiger partial charge in [-0.2, -0.15) is 5.10 Å². The summed E-state index contributed by atoms with van der Waals surface area (Å²) >= 11 is 0. The highest BCUT2D eigenvalue weighted by molar-refractivity contribution is 5.84. The first-order valence-corrected chi connectivity index (χ1v) is 12.6. The first-order valence-electron chi connectivity index (χ1n) is 12.6. The number of benzene rings is 2. The van der Waals surface area contributed by atoms with Crippen LogP contribution in [0.1, 0.15) is 19.4 Å². The van der Waals surface area contributed by atoms with Crippen molar-refractivity contribution in [2.45, 2.75) is 20.4 Å². The van der Waals surface area contributed by atoms with Crippen molar-refractivity contribution in [1.29, 1.82) is 0 Å². The summed E-state index contributed by atoms with van der Waals surface area (Å²) in [6.07, 6.45) is 2.77. The molecule has 10 heteroatoms. The van der Waals surface area contributed by atoms with Gasteiger partial charge in [0.2, 0.25) is 5.95 Å². The number of aryl methyl sites for hydroxylation is 1. The second-order valence-electron chi connectivity index (χ2n) is 9.18. The maximum absolute atomic E-state index is 14.7. The van der Waals surface area contributed by atoms with Gasteiger partial charge in [-0.25, -0.2) is 18.7 Å². The normalized spacial score (nSPS) is 14.8. The Balaban J connectivity index is 1.37. The molecule has 5 rings (SSSR count). The number of rotatable bonds is 8. The van der Waals surface area contributed by atoms with E-state index < -0.39 is 11.6 Å². The highest BCUT2D eigenvalue weighted by Crippen LogP contribution is 2.30. The lowest BCUT2D eigenvalue weighted by Gasteiger charge is -2.34. The van der Waals surface area contributed by atoms with Gasteiger partial charge in [0.25, 0.3) is 0 Å². The summed E-state index contributed by atoms with van der Waals surface area (Å²) in [6.45, 7) is 10.8. The Morgan fingerprint density at radius 3 is 2.54 bits per heavy atom. The van der Waals surface area contributed by atoms with Gasteiger partial charge in [-0.15, -0.1) is 0 Å². The molecule has 2 aromatic heterocycles. The largest absolute Gasteiger partial charge is 0.493 e. The van der Waals surface area contributed by atoms with E-state index in [-0.39, 0.29) is 17.2 Å². The quantitative estimate of drug-likeness (QED) is 0.374. The van der Waals surface area contributed by atoms with Crippen LogP contribution in [0, 0.1) is 11.6 Å². The topological polar surface area (TPSA) is 71.3 Å². The van der Waals surface area contributed by atoms with Gasteiger partial charge in [-0.05, 0) is 31.7 Å². The molecule has 8 nitrogen and oxygen atoms in total. The minimum Gasteiger partial charge on any atom is -0.493 e. The van der Waals surface area contributed by atoms with E-state index in [1.54, 1.807) is 19.3 Å². The second kappa shape index (κ2) is 10.8. The third-order valence-corrected chi connectivity index (χ3v) is 6.62. The van der Waals surface area contributed by atoms with Crippen LogP contribution in [-0.2, 0) is 13.6 Å². The van der Waals surface area contributed by atoms with Gasteiger partial charge in [0, 0.05) is 74.2 Å². The molecule has 194 valence electrons. The van der Waals surface area contributed by atoms with Gasteiger partial charge >= 0.3 is 0 Å². The molecule has 1 saturated heterocycles. The molecular weight excluding hydrogens is 476 g/mol. The van der Waals surface area contributed by atoms with E-state index in [2.05, 4.69) is 37.1 Å². The van der Waals surface area contributed by atoms with Crippen LogP contribution in [0.2, 0.25) is 0 Å². The molecule has 0 atom stereocenters. The summed E-state index contributed by atoms with van der Waals surface area (Å²) in [7, 11) is 1.71. The van der Waals surface area contributed by atoms with Gasteiger partial charge in [-0.3, -0.25) is 9.58 Å². The summed E-state index contributed by atoms with van der Waals surface area (Å²) in [6, 6.07) is 8.80. The molecule has 0 radical (unpaired) electrons. The molecule has 1 fully saturated rings. The van der Waals surface area contributed by atoms with Crippen molar-refractivity contribution in [3.8, 4) is 17.0 Å². The summed E-state index contributed by atoms with van der Waals surface area (Å²) in [4.78, 5) is 13.3. The number of hydrogen-bond donors (Lipinski definition) is 1. The fourth-order valence-electron chi connectivity index (χ4n) is 4.67. The number of halogens is 2. The zero-order valence-corrected chi connectivity index (χ0v) is 21.3. The number of fused-ring (bicyclic) bond motifs is 1. The zero-order chi connectivity index (χ0) is 25.9. The van der Waals surface area contributed by atoms with Crippen molar-refractivity contribution in [3.63, 3.8) is 0 Å². The maximum Gasteiger partial charge on any atom is 0.227 e. The van der Waals surface area contributed by atoms with E-state index >= 15 is 0 Å². The minimum absolute atomic E-state index is 0.00928. The summed E-state index contributed by atoms with van der Waals surface area (Å²) in [5.41, 5.74) is 2.38. The van der Waals surface area contributed by atoms with Crippen LogP contribution in [0.4, 0.5) is 20.4 Å². The lowest BCUT2D eigenvalue weighted by Crippen LogP contribution is -2.45. The molecule has 4 aromatic rings. The van der Waals surface area contributed by atoms with Crippen LogP contribution >= 0.6 is 0 Å². The van der Waals surface area contributed by atoms with Crippen LogP contribution in [0.5, 0.6) is 5.75 Å². The standard InChI is InChI=1S/C27H31F2N7O/c1-4-35-8-10-36(11-9-35)17-18-6-7-21(14-24(18)37-5-2)31-27-30-15-23(29)25(32-27)19-12-20-16-34(3)33-26(20)22(28)13-19/h6-7,12-16H,4-5,8-11,17H2,1-3H3,(H,30,31,32). The first-order chi connectivity index (χ1) is 17.9. The molecule has 37 heavy (non-hydrogen) atoms. The molecule has 0 saturated carbocycles. The molecule has 0 aliphatic carbocycles. The molecule has 1 N–H and O–H groups in total. The predicted octanol–water partition coefficient (Wildman–Crippen LogP) is 4.59. The third kappa shape index (κ3) is 5.55. The number of nitrogens with one attached hydrogen (secondary N) is 1. The van der Waals surface area contributed by atoms with E-state index in [0.29, 0.717) is 17.6 Å². The average Bonchev–Trinajstić information content (AvgIpc) is 3.28. The zero-order valence-electron chi connectivity index (χ0n) is 21.3. The highest BCUT2D eigenvalue weighted by Gasteiger charge is 2.18. The second-order valence-corrected chi connectivity index (χ2v) is 9.18. The van der Waals surface area contributed by atoms with Crippen molar-refractivity contribution in [3.05, 3.63) is 59.9 Å². The summed E-state index contributed by atoms with van der Waals surface area (Å²) < 4.78 is 36.8. The van der Waals surface area contributed by atoms with Crippen LogP contribution in [-0.4, -0.2) is 68.9 Å². The van der Waals surface area contributed by atoms with Gasteiger partial charge in [0.1, 0.15) is 17.0 Å². The van der Waals surface area contributed by atoms with E-state index in [9.17, 15) is 8.78 Å². The van der Waals surface area contributed by atoms with E-state index in [4.69, 9.17) is 4.74 Å². The van der Waals surface area contributed by atoms with E-state index in [0.717, 1.165) is 62.5 Å². The Morgan fingerprint density at radius 2 is 1.78 bits per heavy atom. The Morgan fingerprint density at radius 1 is 1.00 bits per heavy atom. The van der Waals surface area contributed by atoms with Crippen molar-refractivity contribution in [2.24, 2.45) is 7.05 Å². The number of anilines is 2. The lowest BCUT2D eigenvalue weighted by molar-refractivity contribution is 0.131. The molecule has 1 aliphatic heterocycles. The molecule has 2 aromatic carbocycles. The van der Waals surface area contributed by atoms with Crippen LogP contribution in [0.3, 0.4) is 0 Å². The Bertz CT molecular complexity index is 1400. The van der Waals surface area contributed by atoms with Crippen molar-refractivity contribution < 1.29 is 13.5 Å². The molecule has 1 aliphatic rings. The van der Waals surface area contributed by atoms with Crippen LogP contribution in [0.25, 0.3) is 22.2 Å². The molecule has 0 spiro atoms. The van der Waals surface area contributed by atoms with Crippen LogP contribution < -0.4 is 10.1 Å². The summed E-state index contributed by atoms with van der Waals surface area (Å²) in [5, 5.41) is 7.81. The summed E-state index contributed by atoms with van der Waals surface area (Å²) in [5.74, 6) is -0.179. The number of ether oxygens (including phenoxy) is 1. The first kappa shape index (κ1) is 25.0. The van der Waals surface area contributed by atoms with Crippen molar-refractivity contribution >= 4 is 22.5 Å². The smallest absolute Gasteiger partial charge is 0.227 e. The van der Waals surface area contributed by atoms with Crippen molar-refractivity contribution in [1.82, 2.24) is 29.5 Å². The van der Waals surface area contributed by atoms with Crippen LogP contribution in [0.15, 0.2) is 42.7 Å². The van der Waals surface area contributed by atoms with Gasteiger partial charge in [0.05, 0.1) is 12.8 Å². The number of aromatic nitrogens is 4. The monoisotopic (exact) mass is 507 g/mol. The maximum atomic E-state index is 14.7.